The Hall–Kier alpha value is -1.60. The van der Waals surface area contributed by atoms with Crippen LogP contribution in [-0.2, 0) is 11.2 Å². The number of nitrogens with zero attached hydrogens (tertiary/aromatic N) is 1. The van der Waals surface area contributed by atoms with E-state index in [1.165, 1.54) is 12.1 Å². The Kier molecular flexibility index (Phi) is 3.75. The molecule has 2 rings (SSSR count). The maximum Gasteiger partial charge on any atom is 0.506 e. The van der Waals surface area contributed by atoms with Crippen molar-refractivity contribution in [2.45, 2.75) is 39.2 Å². The molecule has 2 N–H and O–H groups in total. The van der Waals surface area contributed by atoms with Gasteiger partial charge < -0.3 is 14.8 Å². The summed E-state index contributed by atoms with van der Waals surface area (Å²) in [6.45, 7) is 5.15. The molecule has 5 nitrogen and oxygen atoms in total. The van der Waals surface area contributed by atoms with Gasteiger partial charge in [-0.25, -0.2) is 9.18 Å². The van der Waals surface area contributed by atoms with E-state index in [0.29, 0.717) is 17.7 Å². The number of rotatable bonds is 1. The molecule has 0 radical (unpaired) electrons. The van der Waals surface area contributed by atoms with Gasteiger partial charge in [0.05, 0.1) is 5.59 Å². The molecule has 108 valence electrons. The van der Waals surface area contributed by atoms with Gasteiger partial charge in [-0.2, -0.15) is 0 Å². The molecule has 0 amide bonds. The second-order valence-electron chi connectivity index (χ2n) is 5.75. The summed E-state index contributed by atoms with van der Waals surface area (Å²) in [5, 5.41) is 18.8. The van der Waals surface area contributed by atoms with Crippen LogP contribution in [0.3, 0.4) is 0 Å². The summed E-state index contributed by atoms with van der Waals surface area (Å²) >= 11 is 0. The number of hydrogen-bond acceptors (Lipinski definition) is 4. The summed E-state index contributed by atoms with van der Waals surface area (Å²) in [5.74, 6) is -0.294. The lowest BCUT2D eigenvalue weighted by Crippen LogP contribution is -2.41. The molecule has 0 fully saturated rings. The molecule has 1 aliphatic carbocycles. The van der Waals surface area contributed by atoms with E-state index in [1.54, 1.807) is 20.8 Å². The van der Waals surface area contributed by atoms with Crippen LogP contribution < -0.4 is 5.59 Å². The Morgan fingerprint density at radius 1 is 1.40 bits per heavy atom. The quantitative estimate of drug-likeness (QED) is 0.759. The molecule has 7 heteroatoms. The monoisotopic (exact) mass is 281 g/mol. The van der Waals surface area contributed by atoms with Crippen molar-refractivity contribution in [3.63, 3.8) is 0 Å². The van der Waals surface area contributed by atoms with Crippen LogP contribution in [0.4, 0.5) is 9.18 Å². The zero-order valence-electron chi connectivity index (χ0n) is 11.7. The highest BCUT2D eigenvalue weighted by atomic mass is 19.1. The normalized spacial score (nSPS) is 14.6. The van der Waals surface area contributed by atoms with Crippen LogP contribution in [0.5, 0.6) is 0 Å². The predicted octanol–water partition coefficient (Wildman–Crippen LogP) is 1.21. The lowest BCUT2D eigenvalue weighted by Gasteiger charge is -2.22. The predicted molar refractivity (Wildman–Crippen MR) is 73.3 cm³/mol. The van der Waals surface area contributed by atoms with Crippen LogP contribution in [0.15, 0.2) is 11.9 Å². The van der Waals surface area contributed by atoms with Crippen molar-refractivity contribution in [1.82, 2.24) is 4.57 Å². The van der Waals surface area contributed by atoms with E-state index in [1.807, 2.05) is 0 Å². The summed E-state index contributed by atoms with van der Waals surface area (Å²) in [6, 6.07) is 1.39. The summed E-state index contributed by atoms with van der Waals surface area (Å²) in [4.78, 5) is 12.2. The number of carbonyl (C=O) groups is 1. The molecule has 0 saturated carbocycles. The second kappa shape index (κ2) is 5.07. The van der Waals surface area contributed by atoms with Crippen molar-refractivity contribution >= 4 is 24.9 Å². The largest absolute Gasteiger partial charge is 0.506 e. The fraction of sp³-hybridized carbons (Fsp3) is 0.462. The number of halogens is 1. The molecule has 1 aromatic heterocycles. The fourth-order valence-electron chi connectivity index (χ4n) is 2.17. The molecule has 0 aliphatic heterocycles. The van der Waals surface area contributed by atoms with Gasteiger partial charge in [-0.1, -0.05) is 0 Å². The minimum absolute atomic E-state index is 0.0183. The zero-order chi connectivity index (χ0) is 15.1. The van der Waals surface area contributed by atoms with E-state index in [2.05, 4.69) is 0 Å². The lowest BCUT2D eigenvalue weighted by molar-refractivity contribution is 0.0536. The second-order valence-corrected chi connectivity index (χ2v) is 5.75. The van der Waals surface area contributed by atoms with Crippen molar-refractivity contribution in [3.8, 4) is 0 Å². The van der Waals surface area contributed by atoms with Crippen LogP contribution in [-0.4, -0.2) is 33.4 Å². The third-order valence-corrected chi connectivity index (χ3v) is 2.92. The Morgan fingerprint density at radius 3 is 2.60 bits per heavy atom. The van der Waals surface area contributed by atoms with Gasteiger partial charge in [-0.15, -0.1) is 0 Å². The van der Waals surface area contributed by atoms with Crippen LogP contribution >= 0.6 is 0 Å². The molecule has 1 heterocycles. The van der Waals surface area contributed by atoms with E-state index in [0.717, 1.165) is 4.57 Å². The number of carbonyl (C=O) groups excluding carboxylic acids is 1. The third kappa shape index (κ3) is 2.94. The first-order chi connectivity index (χ1) is 9.19. The zero-order valence-corrected chi connectivity index (χ0v) is 11.7. The van der Waals surface area contributed by atoms with Crippen molar-refractivity contribution in [3.05, 3.63) is 23.2 Å². The van der Waals surface area contributed by atoms with Gasteiger partial charge in [-0.3, -0.25) is 4.57 Å². The topological polar surface area (TPSA) is 71.7 Å². The first-order valence-corrected chi connectivity index (χ1v) is 6.39. The average molecular weight is 281 g/mol. The maximum absolute atomic E-state index is 13.3. The highest BCUT2D eigenvalue weighted by Crippen LogP contribution is 2.25. The van der Waals surface area contributed by atoms with Gasteiger partial charge in [0.15, 0.2) is 0 Å². The first-order valence-electron chi connectivity index (χ1n) is 6.39. The smallest absolute Gasteiger partial charge is 0.443 e. The molecule has 0 atom stereocenters. The lowest BCUT2D eigenvalue weighted by atomic mass is 9.86. The Labute approximate surface area is 116 Å². The number of aromatic nitrogens is 1. The van der Waals surface area contributed by atoms with Gasteiger partial charge in [0, 0.05) is 12.1 Å². The number of fused-ring (bicyclic) bond motifs is 1. The summed E-state index contributed by atoms with van der Waals surface area (Å²) < 4.78 is 19.7. The Morgan fingerprint density at radius 2 is 2.05 bits per heavy atom. The summed E-state index contributed by atoms with van der Waals surface area (Å²) in [5.41, 5.74) is 0.281. The molecule has 0 bridgehead atoms. The molecular formula is C13H17BFNO4. The van der Waals surface area contributed by atoms with Crippen LogP contribution in [0, 0.1) is 0 Å². The molecular weight excluding hydrogens is 264 g/mol. The minimum atomic E-state index is -1.83. The Balaban J connectivity index is 2.48. The van der Waals surface area contributed by atoms with Crippen LogP contribution in [0.25, 0.3) is 6.08 Å². The standard InChI is InChI=1S/C13H17BFNO4/c1-13(2,3)20-12(17)16-10-5-4-9(15)6-8(10)7-11(16)14(18)19/h6-7,18-19H,4-5H2,1-3H3. The molecule has 0 saturated heterocycles. The van der Waals surface area contributed by atoms with Crippen molar-refractivity contribution in [1.29, 1.82) is 0 Å². The summed E-state index contributed by atoms with van der Waals surface area (Å²) in [7, 11) is -1.83. The van der Waals surface area contributed by atoms with Crippen molar-refractivity contribution in [2.75, 3.05) is 0 Å². The molecule has 20 heavy (non-hydrogen) atoms. The van der Waals surface area contributed by atoms with Crippen molar-refractivity contribution < 1.29 is 24.0 Å². The van der Waals surface area contributed by atoms with E-state index in [9.17, 15) is 19.2 Å². The SMILES string of the molecule is CC(C)(C)OC(=O)n1c(B(O)O)cc2c1CCC(F)=C2. The highest BCUT2D eigenvalue weighted by molar-refractivity contribution is 6.58. The highest BCUT2D eigenvalue weighted by Gasteiger charge is 2.30. The summed E-state index contributed by atoms with van der Waals surface area (Å²) in [6.07, 6.45) is 1.09. The molecule has 0 unspecified atom stereocenters. The minimum Gasteiger partial charge on any atom is -0.443 e. The average Bonchev–Trinajstić information content (AvgIpc) is 2.64. The maximum atomic E-state index is 13.3. The Bertz CT molecular complexity index is 572. The number of allylic oxidation sites excluding steroid dienone is 1. The molecule has 0 aromatic carbocycles. The van der Waals surface area contributed by atoms with Gasteiger partial charge >= 0.3 is 13.2 Å². The number of ether oxygens (including phenoxy) is 1. The fourth-order valence-corrected chi connectivity index (χ4v) is 2.17. The molecule has 1 aromatic rings. The molecule has 0 spiro atoms. The van der Waals surface area contributed by atoms with Gasteiger partial charge in [0.2, 0.25) is 0 Å². The van der Waals surface area contributed by atoms with Gasteiger partial charge in [0.1, 0.15) is 11.4 Å². The van der Waals surface area contributed by atoms with Crippen LogP contribution in [0.1, 0.15) is 38.4 Å². The van der Waals surface area contributed by atoms with Gasteiger partial charge in [-0.05, 0) is 44.9 Å². The number of hydrogen-bond donors (Lipinski definition) is 2. The van der Waals surface area contributed by atoms with E-state index in [4.69, 9.17) is 4.74 Å². The third-order valence-electron chi connectivity index (χ3n) is 2.92. The van der Waals surface area contributed by atoms with Gasteiger partial charge in [0.25, 0.3) is 0 Å². The molecule has 1 aliphatic rings. The van der Waals surface area contributed by atoms with E-state index >= 15 is 0 Å². The van der Waals surface area contributed by atoms with Crippen molar-refractivity contribution in [2.24, 2.45) is 0 Å². The van der Waals surface area contributed by atoms with E-state index in [-0.39, 0.29) is 17.8 Å². The van der Waals surface area contributed by atoms with Crippen LogP contribution in [0.2, 0.25) is 0 Å². The first kappa shape index (κ1) is 14.8. The van der Waals surface area contributed by atoms with E-state index < -0.39 is 18.8 Å².